The van der Waals surface area contributed by atoms with E-state index in [2.05, 4.69) is 11.4 Å². The molecule has 0 heterocycles. The molecule has 1 unspecified atom stereocenters. The smallest absolute Gasteiger partial charge is 0.126 e. The van der Waals surface area contributed by atoms with Crippen LogP contribution in [0.3, 0.4) is 0 Å². The minimum Gasteiger partial charge on any atom is -0.496 e. The lowest BCUT2D eigenvalue weighted by molar-refractivity contribution is 0.247. The Hall–Kier alpha value is -1.06. The Bertz CT molecular complexity index is 333. The molecule has 1 rings (SSSR count). The summed E-state index contributed by atoms with van der Waals surface area (Å²) in [7, 11) is 3.49. The molecule has 0 fully saturated rings. The molecule has 0 aliphatic carbocycles. The van der Waals surface area contributed by atoms with Gasteiger partial charge in [0.25, 0.3) is 0 Å². The van der Waals surface area contributed by atoms with Crippen LogP contribution in [-0.2, 0) is 0 Å². The van der Waals surface area contributed by atoms with E-state index in [0.29, 0.717) is 0 Å². The van der Waals surface area contributed by atoms with Crippen molar-refractivity contribution in [3.8, 4) is 5.75 Å². The van der Waals surface area contributed by atoms with E-state index in [-0.39, 0.29) is 12.6 Å². The summed E-state index contributed by atoms with van der Waals surface area (Å²) in [6, 6.07) is 4.05. The summed E-state index contributed by atoms with van der Waals surface area (Å²) in [5.74, 6) is 0.856. The average molecular weight is 209 g/mol. The number of aliphatic hydroxyl groups is 1. The van der Waals surface area contributed by atoms with Gasteiger partial charge in [0.15, 0.2) is 0 Å². The average Bonchev–Trinajstić information content (AvgIpc) is 2.19. The van der Waals surface area contributed by atoms with Gasteiger partial charge in [-0.1, -0.05) is 17.7 Å². The molecule has 0 aliphatic rings. The monoisotopic (exact) mass is 209 g/mol. The van der Waals surface area contributed by atoms with Crippen LogP contribution in [0.1, 0.15) is 22.7 Å². The first kappa shape index (κ1) is 12.0. The fourth-order valence-corrected chi connectivity index (χ4v) is 1.87. The summed E-state index contributed by atoms with van der Waals surface area (Å²) < 4.78 is 5.36. The maximum absolute atomic E-state index is 9.26. The van der Waals surface area contributed by atoms with Crippen molar-refractivity contribution in [1.82, 2.24) is 5.32 Å². The number of ether oxygens (including phenoxy) is 1. The summed E-state index contributed by atoms with van der Waals surface area (Å²) in [5, 5.41) is 12.3. The molecule has 3 nitrogen and oxygen atoms in total. The van der Waals surface area contributed by atoms with Crippen LogP contribution >= 0.6 is 0 Å². The molecule has 0 radical (unpaired) electrons. The molecule has 1 atom stereocenters. The number of hydrogen-bond acceptors (Lipinski definition) is 3. The highest BCUT2D eigenvalue weighted by molar-refractivity contribution is 5.45. The van der Waals surface area contributed by atoms with E-state index in [4.69, 9.17) is 4.74 Å². The predicted octanol–water partition coefficient (Wildman–Crippen LogP) is 1.56. The number of rotatable bonds is 4. The van der Waals surface area contributed by atoms with Gasteiger partial charge in [-0.05, 0) is 26.5 Å². The number of aliphatic hydroxyl groups excluding tert-OH is 1. The van der Waals surface area contributed by atoms with Crippen LogP contribution in [0.5, 0.6) is 5.75 Å². The highest BCUT2D eigenvalue weighted by Crippen LogP contribution is 2.29. The van der Waals surface area contributed by atoms with Crippen LogP contribution < -0.4 is 10.1 Å². The molecule has 0 spiro atoms. The van der Waals surface area contributed by atoms with Crippen molar-refractivity contribution in [2.24, 2.45) is 0 Å². The zero-order valence-electron chi connectivity index (χ0n) is 9.79. The van der Waals surface area contributed by atoms with Crippen LogP contribution in [0.2, 0.25) is 0 Å². The second kappa shape index (κ2) is 5.14. The number of nitrogens with one attached hydrogen (secondary N) is 1. The minimum atomic E-state index is -0.0708. The van der Waals surface area contributed by atoms with E-state index in [0.717, 1.165) is 16.9 Å². The Morgan fingerprint density at radius 3 is 2.53 bits per heavy atom. The van der Waals surface area contributed by atoms with Crippen LogP contribution in [0.4, 0.5) is 0 Å². The first-order valence-corrected chi connectivity index (χ1v) is 5.07. The normalized spacial score (nSPS) is 12.6. The van der Waals surface area contributed by atoms with E-state index in [9.17, 15) is 5.11 Å². The van der Waals surface area contributed by atoms with E-state index in [1.807, 2.05) is 27.0 Å². The third kappa shape index (κ3) is 2.49. The van der Waals surface area contributed by atoms with Crippen LogP contribution in [-0.4, -0.2) is 25.9 Å². The van der Waals surface area contributed by atoms with E-state index >= 15 is 0 Å². The standard InChI is InChI=1S/C12H19NO2/c1-8-5-9(2)12(15-4)10(6-8)11(7-14)13-3/h5-6,11,13-14H,7H2,1-4H3. The maximum Gasteiger partial charge on any atom is 0.126 e. The molecule has 1 aromatic carbocycles. The van der Waals surface area contributed by atoms with E-state index in [1.54, 1.807) is 7.11 Å². The highest BCUT2D eigenvalue weighted by Gasteiger charge is 2.15. The molecular formula is C12H19NO2. The molecule has 0 amide bonds. The summed E-state index contributed by atoms with van der Waals surface area (Å²) in [4.78, 5) is 0. The molecule has 0 saturated heterocycles. The summed E-state index contributed by atoms with van der Waals surface area (Å²) >= 11 is 0. The number of aryl methyl sites for hydroxylation is 2. The van der Waals surface area contributed by atoms with Crippen molar-refractivity contribution in [2.75, 3.05) is 20.8 Å². The molecule has 0 saturated carbocycles. The topological polar surface area (TPSA) is 41.5 Å². The van der Waals surface area contributed by atoms with E-state index < -0.39 is 0 Å². The highest BCUT2D eigenvalue weighted by atomic mass is 16.5. The Morgan fingerprint density at radius 1 is 1.40 bits per heavy atom. The van der Waals surface area contributed by atoms with Gasteiger partial charge in [-0.25, -0.2) is 0 Å². The van der Waals surface area contributed by atoms with Gasteiger partial charge in [0.1, 0.15) is 5.75 Å². The van der Waals surface area contributed by atoms with Gasteiger partial charge in [-0.15, -0.1) is 0 Å². The Labute approximate surface area is 91.1 Å². The van der Waals surface area contributed by atoms with Crippen molar-refractivity contribution in [3.05, 3.63) is 28.8 Å². The second-order valence-electron chi connectivity index (χ2n) is 3.73. The Morgan fingerprint density at radius 2 is 2.07 bits per heavy atom. The Balaban J connectivity index is 3.24. The molecular weight excluding hydrogens is 190 g/mol. The lowest BCUT2D eigenvalue weighted by Crippen LogP contribution is -2.21. The Kier molecular flexibility index (Phi) is 4.12. The quantitative estimate of drug-likeness (QED) is 0.790. The molecule has 15 heavy (non-hydrogen) atoms. The van der Waals surface area contributed by atoms with Crippen molar-refractivity contribution < 1.29 is 9.84 Å². The van der Waals surface area contributed by atoms with Crippen molar-refractivity contribution >= 4 is 0 Å². The molecule has 2 N–H and O–H groups in total. The van der Waals surface area contributed by atoms with Gasteiger partial charge in [0, 0.05) is 5.56 Å². The third-order valence-corrected chi connectivity index (χ3v) is 2.56. The maximum atomic E-state index is 9.26. The molecule has 3 heteroatoms. The third-order valence-electron chi connectivity index (χ3n) is 2.56. The fourth-order valence-electron chi connectivity index (χ4n) is 1.87. The van der Waals surface area contributed by atoms with E-state index in [1.165, 1.54) is 5.56 Å². The number of methoxy groups -OCH3 is 1. The largest absolute Gasteiger partial charge is 0.496 e. The fraction of sp³-hybridized carbons (Fsp3) is 0.500. The zero-order chi connectivity index (χ0) is 11.4. The van der Waals surface area contributed by atoms with Crippen LogP contribution in [0, 0.1) is 13.8 Å². The van der Waals surface area contributed by atoms with Crippen molar-refractivity contribution in [1.29, 1.82) is 0 Å². The SMILES string of the molecule is CNC(CO)c1cc(C)cc(C)c1OC. The van der Waals surface area contributed by atoms with Crippen molar-refractivity contribution in [3.63, 3.8) is 0 Å². The summed E-state index contributed by atoms with van der Waals surface area (Å²) in [6.07, 6.45) is 0. The van der Waals surface area contributed by atoms with Crippen LogP contribution in [0.25, 0.3) is 0 Å². The van der Waals surface area contributed by atoms with Crippen LogP contribution in [0.15, 0.2) is 12.1 Å². The van der Waals surface area contributed by atoms with Gasteiger partial charge in [-0.3, -0.25) is 0 Å². The lowest BCUT2D eigenvalue weighted by Gasteiger charge is -2.19. The summed E-state index contributed by atoms with van der Waals surface area (Å²) in [5.41, 5.74) is 3.29. The molecule has 0 aliphatic heterocycles. The second-order valence-corrected chi connectivity index (χ2v) is 3.73. The van der Waals surface area contributed by atoms with Gasteiger partial charge in [0.2, 0.25) is 0 Å². The van der Waals surface area contributed by atoms with Gasteiger partial charge < -0.3 is 15.2 Å². The number of likely N-dealkylation sites (N-methyl/N-ethyl adjacent to an activating group) is 1. The lowest BCUT2D eigenvalue weighted by atomic mass is 10.00. The molecule has 84 valence electrons. The number of benzene rings is 1. The first-order chi connectivity index (χ1) is 7.13. The molecule has 1 aromatic rings. The molecule has 0 aromatic heterocycles. The minimum absolute atomic E-state index is 0.0652. The molecule has 0 bridgehead atoms. The first-order valence-electron chi connectivity index (χ1n) is 5.07. The number of hydrogen-bond donors (Lipinski definition) is 2. The zero-order valence-corrected chi connectivity index (χ0v) is 9.79. The summed E-state index contributed by atoms with van der Waals surface area (Å²) in [6.45, 7) is 4.12. The van der Waals surface area contributed by atoms with Gasteiger partial charge in [-0.2, -0.15) is 0 Å². The predicted molar refractivity (Wildman–Crippen MR) is 61.4 cm³/mol. The van der Waals surface area contributed by atoms with Crippen molar-refractivity contribution in [2.45, 2.75) is 19.9 Å². The van der Waals surface area contributed by atoms with Gasteiger partial charge >= 0.3 is 0 Å². The van der Waals surface area contributed by atoms with Gasteiger partial charge in [0.05, 0.1) is 19.8 Å².